The normalized spacial score (nSPS) is 16.5. The van der Waals surface area contributed by atoms with Crippen molar-refractivity contribution in [3.05, 3.63) is 47.0 Å². The lowest BCUT2D eigenvalue weighted by Gasteiger charge is -2.20. The SMILES string of the molecule is CCNC(C1=CCCO1)c1ccc(F)c(C)c1. The Bertz CT molecular complexity index is 428. The summed E-state index contributed by atoms with van der Waals surface area (Å²) in [6.07, 6.45) is 3.06. The lowest BCUT2D eigenvalue weighted by molar-refractivity contribution is 0.216. The van der Waals surface area contributed by atoms with Gasteiger partial charge < -0.3 is 10.1 Å². The second-order valence-electron chi connectivity index (χ2n) is 4.24. The monoisotopic (exact) mass is 235 g/mol. The number of hydrogen-bond donors (Lipinski definition) is 1. The molecule has 2 nitrogen and oxygen atoms in total. The minimum Gasteiger partial charge on any atom is -0.496 e. The van der Waals surface area contributed by atoms with E-state index in [1.807, 2.05) is 12.1 Å². The predicted octanol–water partition coefficient (Wildman–Crippen LogP) is 3.09. The van der Waals surface area contributed by atoms with Gasteiger partial charge in [-0.05, 0) is 36.7 Å². The van der Waals surface area contributed by atoms with Crippen molar-refractivity contribution in [3.8, 4) is 0 Å². The first-order valence-corrected chi connectivity index (χ1v) is 6.04. The van der Waals surface area contributed by atoms with Gasteiger partial charge in [0.2, 0.25) is 0 Å². The molecule has 1 heterocycles. The van der Waals surface area contributed by atoms with Crippen LogP contribution < -0.4 is 5.32 Å². The topological polar surface area (TPSA) is 21.3 Å². The highest BCUT2D eigenvalue weighted by atomic mass is 19.1. The molecule has 1 aromatic carbocycles. The number of hydrogen-bond acceptors (Lipinski definition) is 2. The zero-order valence-corrected chi connectivity index (χ0v) is 10.3. The molecule has 0 fully saturated rings. The molecule has 1 unspecified atom stereocenters. The van der Waals surface area contributed by atoms with Crippen molar-refractivity contribution >= 4 is 0 Å². The largest absolute Gasteiger partial charge is 0.496 e. The molecule has 0 saturated carbocycles. The Kier molecular flexibility index (Phi) is 3.79. The second-order valence-corrected chi connectivity index (χ2v) is 4.24. The highest BCUT2D eigenvalue weighted by Gasteiger charge is 2.20. The van der Waals surface area contributed by atoms with Gasteiger partial charge in [0, 0.05) is 6.42 Å². The summed E-state index contributed by atoms with van der Waals surface area (Å²) in [5.41, 5.74) is 1.72. The fourth-order valence-corrected chi connectivity index (χ4v) is 2.07. The Hall–Kier alpha value is -1.35. The van der Waals surface area contributed by atoms with Gasteiger partial charge in [0.1, 0.15) is 11.6 Å². The van der Waals surface area contributed by atoms with Gasteiger partial charge in [-0.25, -0.2) is 4.39 Å². The predicted molar refractivity (Wildman–Crippen MR) is 66.2 cm³/mol. The Morgan fingerprint density at radius 2 is 2.29 bits per heavy atom. The minimum absolute atomic E-state index is 0.0433. The highest BCUT2D eigenvalue weighted by molar-refractivity contribution is 5.31. The van der Waals surface area contributed by atoms with E-state index in [0.717, 1.165) is 30.9 Å². The second kappa shape index (κ2) is 5.32. The van der Waals surface area contributed by atoms with Gasteiger partial charge in [-0.2, -0.15) is 0 Å². The molecule has 1 aromatic rings. The Labute approximate surface area is 101 Å². The molecule has 1 atom stereocenters. The van der Waals surface area contributed by atoms with Crippen molar-refractivity contribution in [1.82, 2.24) is 5.32 Å². The van der Waals surface area contributed by atoms with Crippen LogP contribution in [0.25, 0.3) is 0 Å². The average Bonchev–Trinajstić information content (AvgIpc) is 2.83. The number of ether oxygens (including phenoxy) is 1. The standard InChI is InChI=1S/C14H18FNO/c1-3-16-14(13-5-4-8-17-13)11-6-7-12(15)10(2)9-11/h5-7,9,14,16H,3-4,8H2,1-2H3. The molecule has 0 spiro atoms. The number of likely N-dealkylation sites (N-methyl/N-ethyl adjacent to an activating group) is 1. The summed E-state index contributed by atoms with van der Waals surface area (Å²) >= 11 is 0. The van der Waals surface area contributed by atoms with Crippen LogP contribution in [-0.4, -0.2) is 13.2 Å². The number of halogens is 1. The molecule has 1 aliphatic rings. The zero-order valence-electron chi connectivity index (χ0n) is 10.3. The summed E-state index contributed by atoms with van der Waals surface area (Å²) < 4.78 is 18.9. The minimum atomic E-state index is -0.162. The molecule has 0 aromatic heterocycles. The maximum Gasteiger partial charge on any atom is 0.126 e. The molecule has 0 saturated heterocycles. The number of nitrogens with one attached hydrogen (secondary N) is 1. The molecule has 2 rings (SSSR count). The van der Waals surface area contributed by atoms with E-state index in [9.17, 15) is 4.39 Å². The Balaban J connectivity index is 2.28. The molecule has 0 amide bonds. The molecule has 92 valence electrons. The van der Waals surface area contributed by atoms with E-state index >= 15 is 0 Å². The fraction of sp³-hybridized carbons (Fsp3) is 0.429. The molecule has 3 heteroatoms. The Morgan fingerprint density at radius 3 is 2.88 bits per heavy atom. The van der Waals surface area contributed by atoms with E-state index < -0.39 is 0 Å². The van der Waals surface area contributed by atoms with Crippen LogP contribution in [0.3, 0.4) is 0 Å². The van der Waals surface area contributed by atoms with Gasteiger partial charge >= 0.3 is 0 Å². The van der Waals surface area contributed by atoms with Gasteiger partial charge in [-0.3, -0.25) is 0 Å². The van der Waals surface area contributed by atoms with Gasteiger partial charge in [0.25, 0.3) is 0 Å². The first kappa shape index (κ1) is 12.1. The number of rotatable bonds is 4. The Morgan fingerprint density at radius 1 is 1.47 bits per heavy atom. The molecule has 0 bridgehead atoms. The van der Waals surface area contributed by atoms with Crippen LogP contribution in [0.2, 0.25) is 0 Å². The zero-order chi connectivity index (χ0) is 12.3. The first-order chi connectivity index (χ1) is 8.22. The molecular weight excluding hydrogens is 217 g/mol. The van der Waals surface area contributed by atoms with E-state index in [0.29, 0.717) is 5.56 Å². The lowest BCUT2D eigenvalue weighted by Crippen LogP contribution is -2.23. The van der Waals surface area contributed by atoms with Gasteiger partial charge in [-0.1, -0.05) is 19.1 Å². The van der Waals surface area contributed by atoms with Crippen LogP contribution in [0.1, 0.15) is 30.5 Å². The third kappa shape index (κ3) is 2.67. The van der Waals surface area contributed by atoms with Crippen molar-refractivity contribution in [2.75, 3.05) is 13.2 Å². The summed E-state index contributed by atoms with van der Waals surface area (Å²) in [5, 5.41) is 3.37. The fourth-order valence-electron chi connectivity index (χ4n) is 2.07. The number of benzene rings is 1. The van der Waals surface area contributed by atoms with Crippen LogP contribution in [0.4, 0.5) is 4.39 Å². The molecule has 17 heavy (non-hydrogen) atoms. The van der Waals surface area contributed by atoms with Crippen molar-refractivity contribution in [1.29, 1.82) is 0 Å². The summed E-state index contributed by atoms with van der Waals surface area (Å²) in [6.45, 7) is 5.43. The molecule has 0 aliphatic carbocycles. The van der Waals surface area contributed by atoms with E-state index in [-0.39, 0.29) is 11.9 Å². The maximum atomic E-state index is 13.3. The van der Waals surface area contributed by atoms with Crippen LogP contribution >= 0.6 is 0 Å². The third-order valence-electron chi connectivity index (χ3n) is 2.94. The molecule has 0 radical (unpaired) electrons. The van der Waals surface area contributed by atoms with E-state index in [1.165, 1.54) is 6.07 Å². The van der Waals surface area contributed by atoms with Crippen LogP contribution in [0.15, 0.2) is 30.0 Å². The van der Waals surface area contributed by atoms with Crippen molar-refractivity contribution in [2.24, 2.45) is 0 Å². The van der Waals surface area contributed by atoms with Gasteiger partial charge in [0.15, 0.2) is 0 Å². The van der Waals surface area contributed by atoms with Crippen LogP contribution in [0.5, 0.6) is 0 Å². The van der Waals surface area contributed by atoms with Gasteiger partial charge in [-0.15, -0.1) is 0 Å². The quantitative estimate of drug-likeness (QED) is 0.866. The highest BCUT2D eigenvalue weighted by Crippen LogP contribution is 2.27. The maximum absolute atomic E-state index is 13.3. The van der Waals surface area contributed by atoms with Crippen LogP contribution in [-0.2, 0) is 4.74 Å². The van der Waals surface area contributed by atoms with Crippen molar-refractivity contribution in [2.45, 2.75) is 26.3 Å². The summed E-state index contributed by atoms with van der Waals surface area (Å²) in [6, 6.07) is 5.26. The van der Waals surface area contributed by atoms with E-state index in [2.05, 4.69) is 18.3 Å². The summed E-state index contributed by atoms with van der Waals surface area (Å²) in [5.74, 6) is 0.795. The van der Waals surface area contributed by atoms with Crippen molar-refractivity contribution < 1.29 is 9.13 Å². The summed E-state index contributed by atoms with van der Waals surface area (Å²) in [4.78, 5) is 0. The smallest absolute Gasteiger partial charge is 0.126 e. The number of aryl methyl sites for hydroxylation is 1. The average molecular weight is 235 g/mol. The molecule has 1 N–H and O–H groups in total. The van der Waals surface area contributed by atoms with Crippen LogP contribution in [0, 0.1) is 12.7 Å². The first-order valence-electron chi connectivity index (χ1n) is 6.04. The van der Waals surface area contributed by atoms with Crippen molar-refractivity contribution in [3.63, 3.8) is 0 Å². The molecular formula is C14H18FNO. The molecule has 1 aliphatic heterocycles. The third-order valence-corrected chi connectivity index (χ3v) is 2.94. The summed E-state index contributed by atoms with van der Waals surface area (Å²) in [7, 11) is 0. The lowest BCUT2D eigenvalue weighted by atomic mass is 10.0. The van der Waals surface area contributed by atoms with Gasteiger partial charge in [0.05, 0.1) is 12.6 Å². The van der Waals surface area contributed by atoms with E-state index in [4.69, 9.17) is 4.74 Å². The van der Waals surface area contributed by atoms with E-state index in [1.54, 1.807) is 6.92 Å².